The summed E-state index contributed by atoms with van der Waals surface area (Å²) in [7, 11) is 1.45. The number of carboxylic acids is 2. The third kappa shape index (κ3) is 10.3. The van der Waals surface area contributed by atoms with Gasteiger partial charge in [-0.3, -0.25) is 10.2 Å². The number of methoxy groups -OCH3 is 1. The lowest BCUT2D eigenvalue weighted by Crippen LogP contribution is -2.29. The molecule has 35 heavy (non-hydrogen) atoms. The fourth-order valence-electron chi connectivity index (χ4n) is 2.33. The zero-order valence-electron chi connectivity index (χ0n) is 18.2. The number of hydrogen-bond acceptors (Lipinski definition) is 6. The molecule has 13 heteroatoms. The number of benzene rings is 2. The predicted molar refractivity (Wildman–Crippen MR) is 117 cm³/mol. The average molecular weight is 497 g/mol. The molecule has 1 unspecified atom stereocenters. The van der Waals surface area contributed by atoms with Crippen molar-refractivity contribution in [3.63, 3.8) is 0 Å². The molecule has 10 nitrogen and oxygen atoms in total. The van der Waals surface area contributed by atoms with Crippen LogP contribution in [0.4, 0.5) is 13.2 Å². The monoisotopic (exact) mass is 497 g/mol. The number of carbonyl (C=O) groups is 3. The highest BCUT2D eigenvalue weighted by molar-refractivity contribution is 6.05. The van der Waals surface area contributed by atoms with Crippen molar-refractivity contribution >= 4 is 23.7 Å². The maximum atomic E-state index is 12.4. The Morgan fingerprint density at radius 3 is 2.23 bits per heavy atom. The first-order valence-corrected chi connectivity index (χ1v) is 9.57. The summed E-state index contributed by atoms with van der Waals surface area (Å²) in [4.78, 5) is 32.8. The van der Waals surface area contributed by atoms with Crippen LogP contribution in [0.5, 0.6) is 11.5 Å². The van der Waals surface area contributed by atoms with Gasteiger partial charge in [0, 0.05) is 12.1 Å². The van der Waals surface area contributed by atoms with E-state index in [0.717, 1.165) is 11.6 Å². The summed E-state index contributed by atoms with van der Waals surface area (Å²) in [5.74, 6) is -3.90. The lowest BCUT2D eigenvalue weighted by molar-refractivity contribution is -0.192. The Morgan fingerprint density at radius 2 is 1.71 bits per heavy atom. The quantitative estimate of drug-likeness (QED) is 0.151. The largest absolute Gasteiger partial charge is 0.493 e. The summed E-state index contributed by atoms with van der Waals surface area (Å²) in [5.41, 5.74) is 6.38. The molecule has 0 aromatic heterocycles. The SMILES string of the molecule is COc1ccccc1OC(C=CC(=O)c1cccc(CNC(=N)N)c1)C(=O)O.O=C(O)C(F)(F)F. The van der Waals surface area contributed by atoms with Crippen LogP contribution in [0.2, 0.25) is 0 Å². The Bertz CT molecular complexity index is 1090. The van der Waals surface area contributed by atoms with E-state index in [1.807, 2.05) is 0 Å². The van der Waals surface area contributed by atoms with Gasteiger partial charge >= 0.3 is 18.1 Å². The standard InChI is InChI=1S/C20H21N3O5.C2HF3O2/c1-27-16-7-2-3-8-17(16)28-18(19(25)26)10-9-15(24)14-6-4-5-13(11-14)12-23-20(21)22;3-2(4,5)1(6)7/h2-11,18H,12H2,1H3,(H,25,26)(H4,21,22,23);(H,6,7). The van der Waals surface area contributed by atoms with Crippen molar-refractivity contribution in [2.24, 2.45) is 5.73 Å². The van der Waals surface area contributed by atoms with Crippen LogP contribution in [0.15, 0.2) is 60.7 Å². The molecule has 0 radical (unpaired) electrons. The van der Waals surface area contributed by atoms with Crippen molar-refractivity contribution in [2.75, 3.05) is 7.11 Å². The van der Waals surface area contributed by atoms with Crippen molar-refractivity contribution in [1.29, 1.82) is 5.41 Å². The molecular formula is C22H22F3N3O7. The second kappa shape index (κ2) is 13.2. The molecule has 0 saturated carbocycles. The fraction of sp³-hybridized carbons (Fsp3) is 0.182. The molecule has 6 N–H and O–H groups in total. The van der Waals surface area contributed by atoms with Gasteiger partial charge in [-0.2, -0.15) is 13.2 Å². The number of ketones is 1. The smallest absolute Gasteiger partial charge is 0.490 e. The summed E-state index contributed by atoms with van der Waals surface area (Å²) in [6.07, 6.45) is -4.11. The lowest BCUT2D eigenvalue weighted by Gasteiger charge is -2.14. The number of para-hydroxylation sites is 2. The number of rotatable bonds is 9. The molecule has 0 aliphatic rings. The summed E-state index contributed by atoms with van der Waals surface area (Å²) < 4.78 is 42.3. The highest BCUT2D eigenvalue weighted by atomic mass is 19.4. The molecule has 0 saturated heterocycles. The number of nitrogens with two attached hydrogens (primary N) is 1. The molecule has 0 fully saturated rings. The third-order valence-electron chi connectivity index (χ3n) is 3.93. The Morgan fingerprint density at radius 1 is 1.11 bits per heavy atom. The van der Waals surface area contributed by atoms with Gasteiger partial charge in [-0.15, -0.1) is 0 Å². The molecule has 0 spiro atoms. The number of nitrogens with one attached hydrogen (secondary N) is 2. The molecule has 188 valence electrons. The maximum absolute atomic E-state index is 12.4. The summed E-state index contributed by atoms with van der Waals surface area (Å²) in [5, 5.41) is 26.3. The third-order valence-corrected chi connectivity index (χ3v) is 3.93. The molecule has 0 bridgehead atoms. The van der Waals surface area contributed by atoms with Gasteiger partial charge in [0.05, 0.1) is 7.11 Å². The Hall–Kier alpha value is -4.55. The van der Waals surface area contributed by atoms with Gasteiger partial charge in [0.25, 0.3) is 0 Å². The van der Waals surface area contributed by atoms with Gasteiger partial charge in [0.15, 0.2) is 23.2 Å². The minimum absolute atomic E-state index is 0.172. The highest BCUT2D eigenvalue weighted by Gasteiger charge is 2.38. The molecule has 0 aliphatic heterocycles. The number of allylic oxidation sites excluding steroid dienone is 1. The molecule has 1 atom stereocenters. The van der Waals surface area contributed by atoms with Gasteiger partial charge in [-0.1, -0.05) is 30.3 Å². The van der Waals surface area contributed by atoms with Crippen LogP contribution in [0, 0.1) is 5.41 Å². The van der Waals surface area contributed by atoms with Crippen LogP contribution in [0.25, 0.3) is 0 Å². The van der Waals surface area contributed by atoms with Crippen molar-refractivity contribution in [1.82, 2.24) is 5.32 Å². The molecule has 2 aromatic rings. The Balaban J connectivity index is 0.000000762. The van der Waals surface area contributed by atoms with Gasteiger partial charge < -0.3 is 30.7 Å². The predicted octanol–water partition coefficient (Wildman–Crippen LogP) is 2.58. The number of carboxylic acid groups (broad SMARTS) is 2. The summed E-state index contributed by atoms with van der Waals surface area (Å²) in [6, 6.07) is 13.4. The number of aliphatic carboxylic acids is 2. The topological polar surface area (TPSA) is 172 Å². The minimum atomic E-state index is -5.08. The van der Waals surface area contributed by atoms with E-state index in [9.17, 15) is 27.9 Å². The Kier molecular flexibility index (Phi) is 10.8. The fourth-order valence-corrected chi connectivity index (χ4v) is 2.33. The highest BCUT2D eigenvalue weighted by Crippen LogP contribution is 2.27. The van der Waals surface area contributed by atoms with Gasteiger partial charge in [0.2, 0.25) is 6.10 Å². The summed E-state index contributed by atoms with van der Waals surface area (Å²) in [6.45, 7) is 0.300. The number of halogens is 3. The molecule has 0 aliphatic carbocycles. The number of ether oxygens (including phenoxy) is 2. The van der Waals surface area contributed by atoms with Crippen molar-refractivity contribution < 1.29 is 47.2 Å². The van der Waals surface area contributed by atoms with Gasteiger partial charge in [-0.05, 0) is 35.9 Å². The summed E-state index contributed by atoms with van der Waals surface area (Å²) >= 11 is 0. The zero-order valence-corrected chi connectivity index (χ0v) is 18.2. The zero-order chi connectivity index (χ0) is 26.6. The average Bonchev–Trinajstić information content (AvgIpc) is 2.80. The van der Waals surface area contributed by atoms with Crippen molar-refractivity contribution in [3.05, 3.63) is 71.8 Å². The van der Waals surface area contributed by atoms with E-state index in [1.54, 1.807) is 48.5 Å². The van der Waals surface area contributed by atoms with E-state index < -0.39 is 24.2 Å². The van der Waals surface area contributed by atoms with E-state index in [-0.39, 0.29) is 17.5 Å². The number of carbonyl (C=O) groups excluding carboxylic acids is 1. The van der Waals surface area contributed by atoms with Crippen LogP contribution >= 0.6 is 0 Å². The normalized spacial score (nSPS) is 11.5. The molecule has 2 rings (SSSR count). The second-order valence-corrected chi connectivity index (χ2v) is 6.52. The van der Waals surface area contributed by atoms with Crippen LogP contribution in [0.3, 0.4) is 0 Å². The van der Waals surface area contributed by atoms with Crippen molar-refractivity contribution in [3.8, 4) is 11.5 Å². The van der Waals surface area contributed by atoms with E-state index in [0.29, 0.717) is 17.9 Å². The first-order valence-electron chi connectivity index (χ1n) is 9.57. The van der Waals surface area contributed by atoms with E-state index in [1.165, 1.54) is 13.2 Å². The second-order valence-electron chi connectivity index (χ2n) is 6.52. The van der Waals surface area contributed by atoms with Crippen LogP contribution < -0.4 is 20.5 Å². The van der Waals surface area contributed by atoms with E-state index in [4.69, 9.17) is 30.5 Å². The van der Waals surface area contributed by atoms with Crippen LogP contribution in [0.1, 0.15) is 15.9 Å². The lowest BCUT2D eigenvalue weighted by atomic mass is 10.1. The maximum Gasteiger partial charge on any atom is 0.490 e. The van der Waals surface area contributed by atoms with E-state index in [2.05, 4.69) is 5.32 Å². The molecule has 0 heterocycles. The molecular weight excluding hydrogens is 475 g/mol. The molecule has 2 aromatic carbocycles. The number of hydrogen-bond donors (Lipinski definition) is 5. The van der Waals surface area contributed by atoms with Gasteiger partial charge in [0.1, 0.15) is 0 Å². The number of guanidine groups is 1. The minimum Gasteiger partial charge on any atom is -0.493 e. The van der Waals surface area contributed by atoms with E-state index >= 15 is 0 Å². The van der Waals surface area contributed by atoms with Crippen molar-refractivity contribution in [2.45, 2.75) is 18.8 Å². The first kappa shape index (κ1) is 28.5. The number of alkyl halides is 3. The molecule has 0 amide bonds. The van der Waals surface area contributed by atoms with Gasteiger partial charge in [-0.25, -0.2) is 9.59 Å². The van der Waals surface area contributed by atoms with Crippen LogP contribution in [-0.2, 0) is 16.1 Å². The van der Waals surface area contributed by atoms with Crippen LogP contribution in [-0.4, -0.2) is 53.3 Å². The first-order chi connectivity index (χ1) is 16.3. The Labute approximate surface area is 197 Å².